The smallest absolute Gasteiger partial charge is 0.243 e. The van der Waals surface area contributed by atoms with E-state index in [4.69, 9.17) is 16.3 Å². The first-order chi connectivity index (χ1) is 12.6. The van der Waals surface area contributed by atoms with E-state index in [0.717, 1.165) is 35.7 Å². The number of hydrogen-bond acceptors (Lipinski definition) is 3. The van der Waals surface area contributed by atoms with Crippen molar-refractivity contribution in [3.8, 4) is 5.75 Å². The highest BCUT2D eigenvalue weighted by atomic mass is 35.5. The maximum atomic E-state index is 12.1. The van der Waals surface area contributed by atoms with Crippen LogP contribution in [0.2, 0.25) is 5.02 Å². The summed E-state index contributed by atoms with van der Waals surface area (Å²) in [5.74, 6) is 0.710. The molecule has 26 heavy (non-hydrogen) atoms. The molecule has 0 aromatic heterocycles. The van der Waals surface area contributed by atoms with E-state index in [1.54, 1.807) is 0 Å². The van der Waals surface area contributed by atoms with Crippen molar-refractivity contribution in [1.82, 2.24) is 0 Å². The monoisotopic (exact) mass is 374 g/mol. The Morgan fingerprint density at radius 2 is 1.77 bits per heavy atom. The Balaban J connectivity index is 1.73. The van der Waals surface area contributed by atoms with Crippen molar-refractivity contribution in [2.75, 3.05) is 23.8 Å². The molecule has 5 heteroatoms. The molecule has 0 aliphatic rings. The highest BCUT2D eigenvalue weighted by molar-refractivity contribution is 6.31. The molecule has 0 radical (unpaired) electrons. The van der Waals surface area contributed by atoms with Crippen LogP contribution in [-0.2, 0) is 4.79 Å². The van der Waals surface area contributed by atoms with E-state index >= 15 is 0 Å². The fraction of sp³-hybridized carbons (Fsp3) is 0.381. The number of hydrogen-bond donors (Lipinski definition) is 2. The summed E-state index contributed by atoms with van der Waals surface area (Å²) in [5.41, 5.74) is 2.58. The van der Waals surface area contributed by atoms with Gasteiger partial charge in [-0.3, -0.25) is 4.79 Å². The third-order valence-electron chi connectivity index (χ3n) is 4.03. The van der Waals surface area contributed by atoms with Crippen LogP contribution in [0.4, 0.5) is 11.4 Å². The second kappa shape index (κ2) is 10.7. The number of aryl methyl sites for hydroxylation is 1. The number of ether oxygens (including phenoxy) is 1. The number of carbonyl (C=O) groups excluding carboxylic acids is 1. The lowest BCUT2D eigenvalue weighted by Crippen LogP contribution is -2.21. The number of benzene rings is 2. The van der Waals surface area contributed by atoms with Crippen LogP contribution in [0.5, 0.6) is 5.75 Å². The van der Waals surface area contributed by atoms with Crippen LogP contribution in [0.15, 0.2) is 42.5 Å². The van der Waals surface area contributed by atoms with Gasteiger partial charge in [-0.1, -0.05) is 43.9 Å². The van der Waals surface area contributed by atoms with Gasteiger partial charge in [-0.15, -0.1) is 0 Å². The molecule has 0 spiro atoms. The number of nitrogens with one attached hydrogen (secondary N) is 2. The fourth-order valence-electron chi connectivity index (χ4n) is 2.44. The van der Waals surface area contributed by atoms with Gasteiger partial charge in [0.15, 0.2) is 0 Å². The summed E-state index contributed by atoms with van der Waals surface area (Å²) >= 11 is 6.08. The predicted octanol–water partition coefficient (Wildman–Crippen LogP) is 5.66. The van der Waals surface area contributed by atoms with Crippen LogP contribution in [0.1, 0.15) is 38.2 Å². The summed E-state index contributed by atoms with van der Waals surface area (Å²) < 4.78 is 5.70. The fourth-order valence-corrected chi connectivity index (χ4v) is 2.62. The normalized spacial score (nSPS) is 10.4. The van der Waals surface area contributed by atoms with E-state index in [-0.39, 0.29) is 12.5 Å². The Morgan fingerprint density at radius 3 is 2.46 bits per heavy atom. The lowest BCUT2D eigenvalue weighted by Gasteiger charge is -2.10. The van der Waals surface area contributed by atoms with Crippen LogP contribution < -0.4 is 15.4 Å². The molecule has 0 atom stereocenters. The molecule has 2 aromatic carbocycles. The van der Waals surface area contributed by atoms with Crippen LogP contribution >= 0.6 is 11.6 Å². The first-order valence-electron chi connectivity index (χ1n) is 9.11. The second-order valence-electron chi connectivity index (χ2n) is 6.30. The number of rotatable bonds is 10. The lowest BCUT2D eigenvalue weighted by molar-refractivity contribution is -0.114. The molecule has 140 valence electrons. The van der Waals surface area contributed by atoms with Crippen LogP contribution in [0, 0.1) is 6.92 Å². The first-order valence-corrected chi connectivity index (χ1v) is 9.49. The minimum Gasteiger partial charge on any atom is -0.494 e. The quantitative estimate of drug-likeness (QED) is 0.527. The molecule has 2 rings (SSSR count). The van der Waals surface area contributed by atoms with E-state index in [0.29, 0.717) is 5.02 Å². The molecule has 2 N–H and O–H groups in total. The molecule has 2 aromatic rings. The Morgan fingerprint density at radius 1 is 1.04 bits per heavy atom. The van der Waals surface area contributed by atoms with Gasteiger partial charge in [0.1, 0.15) is 5.75 Å². The third kappa shape index (κ3) is 6.96. The van der Waals surface area contributed by atoms with Crippen LogP contribution in [0.3, 0.4) is 0 Å². The average molecular weight is 375 g/mol. The third-order valence-corrected chi connectivity index (χ3v) is 4.44. The lowest BCUT2D eigenvalue weighted by atomic mass is 10.2. The Bertz CT molecular complexity index is 702. The minimum absolute atomic E-state index is 0.116. The Hall–Kier alpha value is -2.20. The topological polar surface area (TPSA) is 50.4 Å². The molecule has 4 nitrogen and oxygen atoms in total. The SMILES string of the molecule is CCCCCCOc1ccc(NC(=O)CNc2ccc(C)c(Cl)c2)cc1. The van der Waals surface area contributed by atoms with Gasteiger partial charge in [0, 0.05) is 16.4 Å². The van der Waals surface area contributed by atoms with Gasteiger partial charge in [-0.05, 0) is 55.3 Å². The molecule has 0 bridgehead atoms. The Kier molecular flexibility index (Phi) is 8.29. The number of anilines is 2. The molecule has 1 amide bonds. The van der Waals surface area contributed by atoms with Crippen LogP contribution in [0.25, 0.3) is 0 Å². The van der Waals surface area contributed by atoms with E-state index in [1.807, 2.05) is 49.4 Å². The highest BCUT2D eigenvalue weighted by Gasteiger charge is 2.04. The van der Waals surface area contributed by atoms with E-state index in [1.165, 1.54) is 19.3 Å². The van der Waals surface area contributed by atoms with Gasteiger partial charge < -0.3 is 15.4 Å². The molecule has 0 saturated heterocycles. The van der Waals surface area contributed by atoms with Crippen molar-refractivity contribution in [1.29, 1.82) is 0 Å². The molecule has 0 aliphatic heterocycles. The zero-order valence-electron chi connectivity index (χ0n) is 15.5. The van der Waals surface area contributed by atoms with Gasteiger partial charge in [-0.25, -0.2) is 0 Å². The Labute approximate surface area is 160 Å². The average Bonchev–Trinajstić information content (AvgIpc) is 2.64. The summed E-state index contributed by atoms with van der Waals surface area (Å²) in [6.45, 7) is 5.04. The zero-order valence-corrected chi connectivity index (χ0v) is 16.2. The number of halogens is 1. The van der Waals surface area contributed by atoms with Crippen LogP contribution in [-0.4, -0.2) is 19.1 Å². The largest absolute Gasteiger partial charge is 0.494 e. The van der Waals surface area contributed by atoms with Crippen molar-refractivity contribution >= 4 is 28.9 Å². The van der Waals surface area contributed by atoms with Gasteiger partial charge in [0.05, 0.1) is 13.2 Å². The highest BCUT2D eigenvalue weighted by Crippen LogP contribution is 2.20. The van der Waals surface area contributed by atoms with E-state index in [2.05, 4.69) is 17.6 Å². The summed E-state index contributed by atoms with van der Waals surface area (Å²) in [6, 6.07) is 13.1. The molecular weight excluding hydrogens is 348 g/mol. The zero-order chi connectivity index (χ0) is 18.8. The molecule has 0 aliphatic carbocycles. The first kappa shape index (κ1) is 20.1. The van der Waals surface area contributed by atoms with Gasteiger partial charge in [0.25, 0.3) is 0 Å². The van der Waals surface area contributed by atoms with Gasteiger partial charge in [-0.2, -0.15) is 0 Å². The molecule has 0 heterocycles. The summed E-state index contributed by atoms with van der Waals surface area (Å²) in [4.78, 5) is 12.1. The number of unbranched alkanes of at least 4 members (excludes halogenated alkanes) is 3. The maximum Gasteiger partial charge on any atom is 0.243 e. The maximum absolute atomic E-state index is 12.1. The molecular formula is C21H27ClN2O2. The van der Waals surface area contributed by atoms with Crippen molar-refractivity contribution in [3.63, 3.8) is 0 Å². The minimum atomic E-state index is -0.116. The summed E-state index contributed by atoms with van der Waals surface area (Å²) in [5, 5.41) is 6.61. The van der Waals surface area contributed by atoms with Crippen molar-refractivity contribution in [2.24, 2.45) is 0 Å². The van der Waals surface area contributed by atoms with E-state index < -0.39 is 0 Å². The molecule has 0 unspecified atom stereocenters. The second-order valence-corrected chi connectivity index (χ2v) is 6.71. The van der Waals surface area contributed by atoms with E-state index in [9.17, 15) is 4.79 Å². The van der Waals surface area contributed by atoms with Crippen molar-refractivity contribution in [2.45, 2.75) is 39.5 Å². The summed E-state index contributed by atoms with van der Waals surface area (Å²) in [7, 11) is 0. The predicted molar refractivity (Wildman–Crippen MR) is 109 cm³/mol. The standard InChI is InChI=1S/C21H27ClN2O2/c1-3-4-5-6-13-26-19-11-9-17(10-12-19)24-21(25)15-23-18-8-7-16(2)20(22)14-18/h7-12,14,23H,3-6,13,15H2,1-2H3,(H,24,25). The van der Waals surface area contributed by atoms with Gasteiger partial charge >= 0.3 is 0 Å². The molecule has 0 saturated carbocycles. The number of amides is 1. The number of carbonyl (C=O) groups is 1. The molecule has 0 fully saturated rings. The summed E-state index contributed by atoms with van der Waals surface area (Å²) in [6.07, 6.45) is 4.74. The van der Waals surface area contributed by atoms with Gasteiger partial charge in [0.2, 0.25) is 5.91 Å². The van der Waals surface area contributed by atoms with Crippen molar-refractivity contribution in [3.05, 3.63) is 53.1 Å². The van der Waals surface area contributed by atoms with Crippen molar-refractivity contribution < 1.29 is 9.53 Å².